The first-order valence-corrected chi connectivity index (χ1v) is 6.78. The molecule has 1 N–H and O–H groups in total. The van der Waals surface area contributed by atoms with Crippen molar-refractivity contribution in [2.75, 3.05) is 5.32 Å². The molecule has 0 atom stereocenters. The number of nitrogens with zero attached hydrogens (tertiary/aromatic N) is 3. The lowest BCUT2D eigenvalue weighted by Crippen LogP contribution is -2.16. The summed E-state index contributed by atoms with van der Waals surface area (Å²) in [5.41, 5.74) is -0.131. The number of amides is 1. The summed E-state index contributed by atoms with van der Waals surface area (Å²) in [6.07, 6.45) is -0.661. The lowest BCUT2D eigenvalue weighted by Gasteiger charge is -2.14. The fourth-order valence-electron chi connectivity index (χ4n) is 2.13. The Morgan fingerprint density at radius 1 is 1.29 bits per heavy atom. The molecule has 0 radical (unpaired) electrons. The van der Waals surface area contributed by atoms with E-state index in [-0.39, 0.29) is 17.1 Å². The third kappa shape index (κ3) is 3.00. The first-order valence-electron chi connectivity index (χ1n) is 6.78. The number of hydrogen-bond acceptors (Lipinski definition) is 4. The average Bonchev–Trinajstić information content (AvgIpc) is 3.17. The van der Waals surface area contributed by atoms with E-state index in [9.17, 15) is 18.0 Å². The van der Waals surface area contributed by atoms with Crippen molar-refractivity contribution in [3.05, 3.63) is 60.1 Å². The molecule has 2 heterocycles. The molecule has 0 saturated carbocycles. The summed E-state index contributed by atoms with van der Waals surface area (Å²) in [7, 11) is 0. The lowest BCUT2D eigenvalue weighted by molar-refractivity contribution is -0.137. The fraction of sp³-hybridized carbons (Fsp3) is 0.133. The Kier molecular flexibility index (Phi) is 3.84. The van der Waals surface area contributed by atoms with Crippen molar-refractivity contribution >= 4 is 11.6 Å². The maximum absolute atomic E-state index is 13.0. The van der Waals surface area contributed by atoms with Crippen LogP contribution in [0.2, 0.25) is 0 Å². The van der Waals surface area contributed by atoms with E-state index in [1.165, 1.54) is 29.7 Å². The van der Waals surface area contributed by atoms with Crippen molar-refractivity contribution in [3.8, 4) is 5.69 Å². The number of carbonyl (C=O) groups is 1. The summed E-state index contributed by atoms with van der Waals surface area (Å²) in [5, 5.41) is 6.31. The van der Waals surface area contributed by atoms with Crippen LogP contribution in [0, 0.1) is 6.92 Å². The van der Waals surface area contributed by atoms with E-state index in [0.29, 0.717) is 5.56 Å². The molecule has 0 aliphatic heterocycles. The van der Waals surface area contributed by atoms with Crippen LogP contribution in [-0.2, 0) is 6.18 Å². The summed E-state index contributed by atoms with van der Waals surface area (Å²) in [6.45, 7) is 1.66. The Hall–Kier alpha value is -3.10. The number of benzene rings is 1. The van der Waals surface area contributed by atoms with Crippen LogP contribution in [0.15, 0.2) is 47.6 Å². The van der Waals surface area contributed by atoms with Crippen LogP contribution in [0.3, 0.4) is 0 Å². The molecular formula is C15H11F3N4O2. The highest BCUT2D eigenvalue weighted by atomic mass is 19.4. The van der Waals surface area contributed by atoms with Gasteiger partial charge in [-0.05, 0) is 31.2 Å². The summed E-state index contributed by atoms with van der Waals surface area (Å²) in [5.74, 6) is -0.629. The first kappa shape index (κ1) is 15.8. The predicted molar refractivity (Wildman–Crippen MR) is 77.8 cm³/mol. The molecule has 2 aromatic heterocycles. The zero-order valence-electron chi connectivity index (χ0n) is 12.3. The molecule has 124 valence electrons. The summed E-state index contributed by atoms with van der Waals surface area (Å²) >= 11 is 0. The molecule has 9 heteroatoms. The summed E-state index contributed by atoms with van der Waals surface area (Å²) < 4.78 is 45.2. The Morgan fingerprint density at radius 2 is 2.08 bits per heavy atom. The van der Waals surface area contributed by atoms with E-state index < -0.39 is 17.6 Å². The Bertz CT molecular complexity index is 869. The van der Waals surface area contributed by atoms with E-state index in [4.69, 9.17) is 4.42 Å². The first-order chi connectivity index (χ1) is 11.4. The maximum Gasteiger partial charge on any atom is 0.416 e. The molecule has 3 rings (SSSR count). The van der Waals surface area contributed by atoms with E-state index in [2.05, 4.69) is 15.4 Å². The Morgan fingerprint density at radius 3 is 2.67 bits per heavy atom. The van der Waals surface area contributed by atoms with Gasteiger partial charge in [0.2, 0.25) is 0 Å². The molecule has 0 unspecified atom stereocenters. The van der Waals surface area contributed by atoms with E-state index in [0.717, 1.165) is 12.1 Å². The van der Waals surface area contributed by atoms with Gasteiger partial charge in [-0.1, -0.05) is 0 Å². The van der Waals surface area contributed by atoms with Crippen molar-refractivity contribution in [1.82, 2.24) is 14.8 Å². The summed E-state index contributed by atoms with van der Waals surface area (Å²) in [4.78, 5) is 16.0. The molecule has 0 bridgehead atoms. The number of hydrogen-bond donors (Lipinski definition) is 1. The second-order valence-electron chi connectivity index (χ2n) is 4.96. The Balaban J connectivity index is 2.03. The molecular weight excluding hydrogens is 325 g/mol. The molecule has 6 nitrogen and oxygen atoms in total. The normalized spacial score (nSPS) is 11.5. The molecule has 0 aliphatic rings. The van der Waals surface area contributed by atoms with Gasteiger partial charge < -0.3 is 9.73 Å². The second-order valence-corrected chi connectivity index (χ2v) is 4.96. The van der Waals surface area contributed by atoms with Crippen LogP contribution in [0.25, 0.3) is 5.69 Å². The Labute approximate surface area is 133 Å². The number of alkyl halides is 3. The number of carbonyl (C=O) groups excluding carboxylic acids is 1. The van der Waals surface area contributed by atoms with Crippen molar-refractivity contribution in [1.29, 1.82) is 0 Å². The smallest absolute Gasteiger partial charge is 0.416 e. The van der Waals surface area contributed by atoms with Crippen LogP contribution in [0.4, 0.5) is 18.9 Å². The van der Waals surface area contributed by atoms with Gasteiger partial charge >= 0.3 is 6.18 Å². The van der Waals surface area contributed by atoms with Crippen molar-refractivity contribution in [3.63, 3.8) is 0 Å². The third-order valence-electron chi connectivity index (χ3n) is 3.31. The number of furan rings is 1. The fourth-order valence-corrected chi connectivity index (χ4v) is 2.13. The lowest BCUT2D eigenvalue weighted by atomic mass is 10.1. The highest BCUT2D eigenvalue weighted by Crippen LogP contribution is 2.33. The monoisotopic (exact) mass is 336 g/mol. The number of aromatic nitrogens is 3. The molecule has 0 aliphatic carbocycles. The molecule has 24 heavy (non-hydrogen) atoms. The zero-order chi connectivity index (χ0) is 17.3. The maximum atomic E-state index is 13.0. The molecule has 1 aromatic carbocycles. The number of nitrogens with one attached hydrogen (secondary N) is 1. The minimum Gasteiger partial charge on any atom is -0.459 e. The van der Waals surface area contributed by atoms with Gasteiger partial charge in [-0.25, -0.2) is 9.67 Å². The van der Waals surface area contributed by atoms with Gasteiger partial charge in [0.1, 0.15) is 12.7 Å². The highest BCUT2D eigenvalue weighted by molar-refractivity contribution is 6.04. The van der Waals surface area contributed by atoms with Gasteiger partial charge in [-0.2, -0.15) is 18.3 Å². The van der Waals surface area contributed by atoms with Gasteiger partial charge in [-0.15, -0.1) is 0 Å². The van der Waals surface area contributed by atoms with Crippen LogP contribution in [0.5, 0.6) is 0 Å². The van der Waals surface area contributed by atoms with Crippen LogP contribution >= 0.6 is 0 Å². The molecule has 0 fully saturated rings. The molecule has 0 spiro atoms. The minimum absolute atomic E-state index is 0.0250. The second kappa shape index (κ2) is 5.84. The summed E-state index contributed by atoms with van der Waals surface area (Å²) in [6, 6.07) is 4.54. The molecule has 3 aromatic rings. The van der Waals surface area contributed by atoms with Crippen molar-refractivity contribution in [2.45, 2.75) is 13.1 Å². The topological polar surface area (TPSA) is 73.0 Å². The van der Waals surface area contributed by atoms with Crippen LogP contribution in [0.1, 0.15) is 21.7 Å². The van der Waals surface area contributed by atoms with E-state index in [1.54, 1.807) is 13.0 Å². The van der Waals surface area contributed by atoms with Crippen molar-refractivity contribution in [2.24, 2.45) is 0 Å². The number of rotatable bonds is 3. The van der Waals surface area contributed by atoms with E-state index >= 15 is 0 Å². The molecule has 1 amide bonds. The van der Waals surface area contributed by atoms with Gasteiger partial charge in [0.05, 0.1) is 23.2 Å². The average molecular weight is 336 g/mol. The van der Waals surface area contributed by atoms with E-state index in [1.807, 2.05) is 0 Å². The van der Waals surface area contributed by atoms with Gasteiger partial charge in [0, 0.05) is 5.56 Å². The zero-order valence-corrected chi connectivity index (χ0v) is 12.3. The largest absolute Gasteiger partial charge is 0.459 e. The van der Waals surface area contributed by atoms with Gasteiger partial charge in [0.25, 0.3) is 5.91 Å². The molecule has 0 saturated heterocycles. The predicted octanol–water partition coefficient (Wildman–Crippen LogP) is 3.44. The van der Waals surface area contributed by atoms with Crippen LogP contribution in [-0.4, -0.2) is 20.7 Å². The van der Waals surface area contributed by atoms with Crippen LogP contribution < -0.4 is 5.32 Å². The van der Waals surface area contributed by atoms with Crippen molar-refractivity contribution < 1.29 is 22.4 Å². The quantitative estimate of drug-likeness (QED) is 0.795. The number of aryl methyl sites for hydroxylation is 1. The minimum atomic E-state index is -4.54. The highest BCUT2D eigenvalue weighted by Gasteiger charge is 2.31. The SMILES string of the molecule is Cc1ccoc1C(=O)Nc1cc(C(F)(F)F)ccc1-n1cncn1. The van der Waals surface area contributed by atoms with Gasteiger partial charge in [0.15, 0.2) is 5.76 Å². The number of anilines is 1. The number of halogens is 3. The third-order valence-corrected chi connectivity index (χ3v) is 3.31. The standard InChI is InChI=1S/C15H11F3N4O2/c1-9-4-5-24-13(9)14(23)21-11-6-10(15(16,17)18)2-3-12(11)22-8-19-7-20-22/h2-8H,1H3,(H,21,23). The van der Waals surface area contributed by atoms with Gasteiger partial charge in [-0.3, -0.25) is 4.79 Å².